The van der Waals surface area contributed by atoms with Crippen molar-refractivity contribution in [2.24, 2.45) is 0 Å². The van der Waals surface area contributed by atoms with Gasteiger partial charge in [0.05, 0.1) is 11.8 Å². The van der Waals surface area contributed by atoms with Crippen molar-refractivity contribution in [1.82, 2.24) is 20.1 Å². The zero-order valence-electron chi connectivity index (χ0n) is 12.4. The Morgan fingerprint density at radius 1 is 1.33 bits per heavy atom. The topological polar surface area (TPSA) is 97.1 Å². The fraction of sp³-hybridized carbons (Fsp3) is 0.429. The van der Waals surface area contributed by atoms with Gasteiger partial charge < -0.3 is 10.4 Å². The SMILES string of the molecule is CC(C)n1ncc2cc(C(=O)NC(C)(C)C(=O)O)cnc21. The molecule has 0 aliphatic heterocycles. The molecule has 1 amide bonds. The molecular weight excluding hydrogens is 272 g/mol. The second-order valence-electron chi connectivity index (χ2n) is 5.70. The molecule has 7 nitrogen and oxygen atoms in total. The molecule has 0 saturated heterocycles. The Morgan fingerprint density at radius 3 is 2.57 bits per heavy atom. The quantitative estimate of drug-likeness (QED) is 0.891. The molecule has 0 fully saturated rings. The third kappa shape index (κ3) is 2.86. The maximum atomic E-state index is 12.1. The van der Waals surface area contributed by atoms with Crippen LogP contribution in [0.4, 0.5) is 0 Å². The first kappa shape index (κ1) is 15.0. The van der Waals surface area contributed by atoms with Crippen LogP contribution in [0.2, 0.25) is 0 Å². The number of aromatic nitrogens is 3. The number of carbonyl (C=O) groups excluding carboxylic acids is 1. The Bertz CT molecular complexity index is 703. The summed E-state index contributed by atoms with van der Waals surface area (Å²) in [6.07, 6.45) is 3.07. The van der Waals surface area contributed by atoms with E-state index in [-0.39, 0.29) is 6.04 Å². The lowest BCUT2D eigenvalue weighted by Crippen LogP contribution is -2.49. The Balaban J connectivity index is 2.31. The molecule has 21 heavy (non-hydrogen) atoms. The summed E-state index contributed by atoms with van der Waals surface area (Å²) in [5.74, 6) is -1.58. The fourth-order valence-corrected chi connectivity index (χ4v) is 1.85. The van der Waals surface area contributed by atoms with Crippen molar-refractivity contribution in [2.45, 2.75) is 39.3 Å². The Kier molecular flexibility index (Phi) is 3.67. The van der Waals surface area contributed by atoms with Crippen LogP contribution in [0.1, 0.15) is 44.1 Å². The standard InChI is InChI=1S/C14H18N4O3/c1-8(2)18-11-9(7-16-18)5-10(6-15-11)12(19)17-14(3,4)13(20)21/h5-8H,1-4H3,(H,17,19)(H,20,21). The summed E-state index contributed by atoms with van der Waals surface area (Å²) < 4.78 is 1.76. The molecule has 0 spiro atoms. The number of rotatable bonds is 4. The maximum Gasteiger partial charge on any atom is 0.328 e. The van der Waals surface area contributed by atoms with Gasteiger partial charge in [0.25, 0.3) is 5.91 Å². The summed E-state index contributed by atoms with van der Waals surface area (Å²) in [5, 5.41) is 16.5. The minimum atomic E-state index is -1.34. The Morgan fingerprint density at radius 2 is 2.00 bits per heavy atom. The van der Waals surface area contributed by atoms with Gasteiger partial charge in [-0.15, -0.1) is 0 Å². The number of fused-ring (bicyclic) bond motifs is 1. The van der Waals surface area contributed by atoms with Gasteiger partial charge in [-0.1, -0.05) is 0 Å². The lowest BCUT2D eigenvalue weighted by Gasteiger charge is -2.20. The summed E-state index contributed by atoms with van der Waals surface area (Å²) in [7, 11) is 0. The summed E-state index contributed by atoms with van der Waals surface area (Å²) in [5.41, 5.74) is -0.340. The van der Waals surface area contributed by atoms with Gasteiger partial charge >= 0.3 is 5.97 Å². The molecular formula is C14H18N4O3. The van der Waals surface area contributed by atoms with Gasteiger partial charge in [-0.2, -0.15) is 5.10 Å². The Labute approximate surface area is 122 Å². The van der Waals surface area contributed by atoms with Crippen LogP contribution in [-0.2, 0) is 4.79 Å². The van der Waals surface area contributed by atoms with Crippen LogP contribution in [0.5, 0.6) is 0 Å². The normalized spacial score (nSPS) is 11.9. The second-order valence-corrected chi connectivity index (χ2v) is 5.70. The van der Waals surface area contributed by atoms with Crippen LogP contribution >= 0.6 is 0 Å². The van der Waals surface area contributed by atoms with Crippen LogP contribution in [-0.4, -0.2) is 37.3 Å². The highest BCUT2D eigenvalue weighted by Crippen LogP contribution is 2.17. The second kappa shape index (κ2) is 5.16. The number of nitrogens with one attached hydrogen (secondary N) is 1. The number of carboxylic acid groups (broad SMARTS) is 1. The first-order chi connectivity index (χ1) is 9.72. The van der Waals surface area contributed by atoms with Gasteiger partial charge in [-0.3, -0.25) is 4.79 Å². The van der Waals surface area contributed by atoms with Crippen molar-refractivity contribution < 1.29 is 14.7 Å². The maximum absolute atomic E-state index is 12.1. The highest BCUT2D eigenvalue weighted by molar-refractivity contribution is 5.99. The van der Waals surface area contributed by atoms with Gasteiger partial charge in [-0.25, -0.2) is 14.5 Å². The van der Waals surface area contributed by atoms with Crippen LogP contribution < -0.4 is 5.32 Å². The molecule has 0 atom stereocenters. The van der Waals surface area contributed by atoms with E-state index in [0.29, 0.717) is 11.2 Å². The van der Waals surface area contributed by atoms with E-state index < -0.39 is 17.4 Å². The smallest absolute Gasteiger partial charge is 0.328 e. The number of nitrogens with zero attached hydrogens (tertiary/aromatic N) is 3. The number of pyridine rings is 1. The average Bonchev–Trinajstić information content (AvgIpc) is 2.80. The molecule has 2 aromatic heterocycles. The number of carbonyl (C=O) groups is 2. The number of hydrogen-bond donors (Lipinski definition) is 2. The zero-order chi connectivity index (χ0) is 15.8. The summed E-state index contributed by atoms with van der Waals surface area (Å²) >= 11 is 0. The van der Waals surface area contributed by atoms with Gasteiger partial charge in [-0.05, 0) is 33.8 Å². The molecule has 0 aliphatic rings. The number of amides is 1. The van der Waals surface area contributed by atoms with Crippen molar-refractivity contribution in [3.05, 3.63) is 24.0 Å². The molecule has 0 aromatic carbocycles. The molecule has 2 rings (SSSR count). The number of aliphatic carboxylic acids is 1. The van der Waals surface area contributed by atoms with Gasteiger partial charge in [0, 0.05) is 17.6 Å². The highest BCUT2D eigenvalue weighted by Gasteiger charge is 2.29. The van der Waals surface area contributed by atoms with E-state index in [2.05, 4.69) is 15.4 Å². The first-order valence-electron chi connectivity index (χ1n) is 6.61. The molecule has 0 unspecified atom stereocenters. The summed E-state index contributed by atoms with van der Waals surface area (Å²) in [6, 6.07) is 1.82. The Hall–Kier alpha value is -2.44. The zero-order valence-corrected chi connectivity index (χ0v) is 12.4. The van der Waals surface area contributed by atoms with Crippen LogP contribution in [0.3, 0.4) is 0 Å². The molecule has 0 saturated carbocycles. The lowest BCUT2D eigenvalue weighted by molar-refractivity contribution is -0.143. The molecule has 112 valence electrons. The van der Waals surface area contributed by atoms with E-state index in [4.69, 9.17) is 5.11 Å². The van der Waals surface area contributed by atoms with Crippen molar-refractivity contribution in [3.8, 4) is 0 Å². The van der Waals surface area contributed by atoms with E-state index in [0.717, 1.165) is 5.39 Å². The minimum absolute atomic E-state index is 0.167. The summed E-state index contributed by atoms with van der Waals surface area (Å²) in [4.78, 5) is 27.4. The number of carboxylic acids is 1. The molecule has 7 heteroatoms. The average molecular weight is 290 g/mol. The van der Waals surface area contributed by atoms with Crippen molar-refractivity contribution in [1.29, 1.82) is 0 Å². The highest BCUT2D eigenvalue weighted by atomic mass is 16.4. The molecule has 0 bridgehead atoms. The number of hydrogen-bond acceptors (Lipinski definition) is 4. The largest absolute Gasteiger partial charge is 0.480 e. The summed E-state index contributed by atoms with van der Waals surface area (Å²) in [6.45, 7) is 6.83. The predicted molar refractivity (Wildman–Crippen MR) is 77.1 cm³/mol. The third-order valence-corrected chi connectivity index (χ3v) is 3.15. The molecule has 0 aliphatic carbocycles. The molecule has 0 radical (unpaired) electrons. The van der Waals surface area contributed by atoms with E-state index in [1.807, 2.05) is 13.8 Å². The van der Waals surface area contributed by atoms with E-state index in [1.54, 1.807) is 16.9 Å². The van der Waals surface area contributed by atoms with E-state index in [9.17, 15) is 9.59 Å². The van der Waals surface area contributed by atoms with Gasteiger partial charge in [0.1, 0.15) is 5.54 Å². The van der Waals surface area contributed by atoms with Crippen LogP contribution in [0.25, 0.3) is 11.0 Å². The molecule has 2 aromatic rings. The predicted octanol–water partition coefficient (Wildman–Crippen LogP) is 1.61. The minimum Gasteiger partial charge on any atom is -0.480 e. The third-order valence-electron chi connectivity index (χ3n) is 3.15. The van der Waals surface area contributed by atoms with Crippen molar-refractivity contribution >= 4 is 22.9 Å². The van der Waals surface area contributed by atoms with Crippen LogP contribution in [0, 0.1) is 0 Å². The lowest BCUT2D eigenvalue weighted by atomic mass is 10.1. The van der Waals surface area contributed by atoms with E-state index >= 15 is 0 Å². The molecule has 2 N–H and O–H groups in total. The van der Waals surface area contributed by atoms with Gasteiger partial charge in [0.15, 0.2) is 5.65 Å². The van der Waals surface area contributed by atoms with Crippen LogP contribution in [0.15, 0.2) is 18.5 Å². The van der Waals surface area contributed by atoms with Gasteiger partial charge in [0.2, 0.25) is 0 Å². The first-order valence-corrected chi connectivity index (χ1v) is 6.61. The van der Waals surface area contributed by atoms with Crippen molar-refractivity contribution in [2.75, 3.05) is 0 Å². The van der Waals surface area contributed by atoms with Crippen molar-refractivity contribution in [3.63, 3.8) is 0 Å². The monoisotopic (exact) mass is 290 g/mol. The fourth-order valence-electron chi connectivity index (χ4n) is 1.85. The molecule has 2 heterocycles. The van der Waals surface area contributed by atoms with E-state index in [1.165, 1.54) is 20.0 Å².